The third-order valence-corrected chi connectivity index (χ3v) is 0.748. The maximum atomic E-state index is 10.4. The summed E-state index contributed by atoms with van der Waals surface area (Å²) in [5.74, 6) is -0.351. The average Bonchev–Trinajstić information content (AvgIpc) is 1.98. The molecule has 4 nitrogen and oxygen atoms in total. The van der Waals surface area contributed by atoms with Gasteiger partial charge in [0.25, 0.3) is 5.91 Å². The summed E-state index contributed by atoms with van der Waals surface area (Å²) in [6.45, 7) is 4.04. The van der Waals surface area contributed by atoms with Gasteiger partial charge in [0.15, 0.2) is 0 Å². The molecule has 0 saturated heterocycles. The molecule has 0 aliphatic rings. The fraction of sp³-hybridized carbons (Fsp3) is 0.500. The van der Waals surface area contributed by atoms with E-state index in [1.54, 1.807) is 7.11 Å². The molecule has 0 spiro atoms. The van der Waals surface area contributed by atoms with Crippen molar-refractivity contribution in [2.45, 2.75) is 0 Å². The lowest BCUT2D eigenvalue weighted by Crippen LogP contribution is -2.23. The van der Waals surface area contributed by atoms with Crippen LogP contribution in [0.1, 0.15) is 0 Å². The fourth-order valence-electron chi connectivity index (χ4n) is 0.289. The van der Waals surface area contributed by atoms with Crippen molar-refractivity contribution in [3.05, 3.63) is 12.7 Å². The smallest absolute Gasteiger partial charge is 0.266 e. The van der Waals surface area contributed by atoms with Crippen molar-refractivity contribution in [3.8, 4) is 0 Å². The lowest BCUT2D eigenvalue weighted by atomic mass is 10.6. The quantitative estimate of drug-likeness (QED) is 0.333. The van der Waals surface area contributed by atoms with Crippen LogP contribution in [0.5, 0.6) is 0 Å². The van der Waals surface area contributed by atoms with Crippen LogP contribution in [0.15, 0.2) is 12.7 Å². The van der Waals surface area contributed by atoms with Crippen molar-refractivity contribution in [2.75, 3.05) is 20.3 Å². The van der Waals surface area contributed by atoms with Crippen LogP contribution in [0.4, 0.5) is 0 Å². The van der Waals surface area contributed by atoms with E-state index in [4.69, 9.17) is 0 Å². The van der Waals surface area contributed by atoms with Gasteiger partial charge < -0.3 is 4.74 Å². The van der Waals surface area contributed by atoms with E-state index in [9.17, 15) is 4.79 Å². The second kappa shape index (κ2) is 6.25. The van der Waals surface area contributed by atoms with Gasteiger partial charge in [-0.05, 0) is 6.08 Å². The highest BCUT2D eigenvalue weighted by molar-refractivity contribution is 5.85. The summed E-state index contributed by atoms with van der Waals surface area (Å²) in [6, 6.07) is 0. The number of rotatable bonds is 5. The van der Waals surface area contributed by atoms with Gasteiger partial charge in [-0.15, -0.1) is 0 Å². The first-order valence-corrected chi connectivity index (χ1v) is 2.84. The Kier molecular flexibility index (Phi) is 5.71. The number of hydrogen-bond acceptors (Lipinski definition) is 3. The topological polar surface area (TPSA) is 47.6 Å². The van der Waals surface area contributed by atoms with Gasteiger partial charge in [0.1, 0.15) is 0 Å². The molecule has 0 saturated carbocycles. The van der Waals surface area contributed by atoms with Crippen LogP contribution in [0, 0.1) is 0 Å². The standard InChI is InChI=1S/C6H11NO3/c1-3-6(8)7-10-5-4-9-2/h3H,1,4-5H2,2H3,(H,7,8). The van der Waals surface area contributed by atoms with Gasteiger partial charge in [0, 0.05) is 7.11 Å². The molecule has 0 unspecified atom stereocenters. The second-order valence-corrected chi connectivity index (χ2v) is 1.51. The third kappa shape index (κ3) is 5.27. The van der Waals surface area contributed by atoms with Gasteiger partial charge in [-0.1, -0.05) is 6.58 Å². The van der Waals surface area contributed by atoms with Gasteiger partial charge >= 0.3 is 0 Å². The molecule has 0 aromatic heterocycles. The highest BCUT2D eigenvalue weighted by Gasteiger charge is 1.90. The summed E-state index contributed by atoms with van der Waals surface area (Å²) in [7, 11) is 1.55. The molecule has 0 atom stereocenters. The molecule has 0 aliphatic heterocycles. The summed E-state index contributed by atoms with van der Waals surface area (Å²) in [4.78, 5) is 15.0. The summed E-state index contributed by atoms with van der Waals surface area (Å²) in [5, 5.41) is 0. The minimum absolute atomic E-state index is 0.343. The van der Waals surface area contributed by atoms with Crippen LogP contribution in [0.3, 0.4) is 0 Å². The minimum atomic E-state index is -0.351. The number of nitrogens with one attached hydrogen (secondary N) is 1. The molecule has 1 N–H and O–H groups in total. The molecular weight excluding hydrogens is 134 g/mol. The first-order chi connectivity index (χ1) is 4.81. The highest BCUT2D eigenvalue weighted by atomic mass is 16.7. The van der Waals surface area contributed by atoms with Crippen LogP contribution < -0.4 is 5.48 Å². The lowest BCUT2D eigenvalue weighted by molar-refractivity contribution is -0.129. The van der Waals surface area contributed by atoms with Crippen LogP contribution in [0.25, 0.3) is 0 Å². The van der Waals surface area contributed by atoms with Gasteiger partial charge in [-0.2, -0.15) is 0 Å². The summed E-state index contributed by atoms with van der Waals surface area (Å²) >= 11 is 0. The van der Waals surface area contributed by atoms with E-state index in [0.29, 0.717) is 13.2 Å². The Morgan fingerprint density at radius 1 is 1.70 bits per heavy atom. The third-order valence-electron chi connectivity index (χ3n) is 0.748. The van der Waals surface area contributed by atoms with Crippen molar-refractivity contribution < 1.29 is 14.4 Å². The summed E-state index contributed by atoms with van der Waals surface area (Å²) in [5.41, 5.74) is 2.13. The molecule has 0 aromatic rings. The average molecular weight is 145 g/mol. The number of ether oxygens (including phenoxy) is 1. The largest absolute Gasteiger partial charge is 0.382 e. The van der Waals surface area contributed by atoms with Crippen molar-refractivity contribution in [1.82, 2.24) is 5.48 Å². The predicted molar refractivity (Wildman–Crippen MR) is 36.2 cm³/mol. The molecule has 0 radical (unpaired) electrons. The van der Waals surface area contributed by atoms with Crippen molar-refractivity contribution in [3.63, 3.8) is 0 Å². The number of carbonyl (C=O) groups is 1. The first-order valence-electron chi connectivity index (χ1n) is 2.84. The van der Waals surface area contributed by atoms with E-state index in [-0.39, 0.29) is 5.91 Å². The van der Waals surface area contributed by atoms with Gasteiger partial charge in [0.05, 0.1) is 13.2 Å². The van der Waals surface area contributed by atoms with E-state index in [2.05, 4.69) is 21.6 Å². The number of hydroxylamine groups is 1. The zero-order chi connectivity index (χ0) is 7.82. The molecule has 0 rings (SSSR count). The van der Waals surface area contributed by atoms with Crippen molar-refractivity contribution >= 4 is 5.91 Å². The van der Waals surface area contributed by atoms with Crippen LogP contribution >= 0.6 is 0 Å². The molecule has 1 amide bonds. The molecular formula is C6H11NO3. The van der Waals surface area contributed by atoms with Gasteiger partial charge in [-0.25, -0.2) is 5.48 Å². The molecule has 4 heteroatoms. The monoisotopic (exact) mass is 145 g/mol. The molecule has 58 valence electrons. The zero-order valence-corrected chi connectivity index (χ0v) is 5.92. The minimum Gasteiger partial charge on any atom is -0.382 e. The number of methoxy groups -OCH3 is 1. The Hall–Kier alpha value is -0.870. The van der Waals surface area contributed by atoms with Crippen LogP contribution in [-0.4, -0.2) is 26.2 Å². The Morgan fingerprint density at radius 2 is 2.40 bits per heavy atom. The highest BCUT2D eigenvalue weighted by Crippen LogP contribution is 1.71. The van der Waals surface area contributed by atoms with E-state index in [0.717, 1.165) is 6.08 Å². The second-order valence-electron chi connectivity index (χ2n) is 1.51. The van der Waals surface area contributed by atoms with Crippen molar-refractivity contribution in [2.24, 2.45) is 0 Å². The molecule has 0 aromatic carbocycles. The SMILES string of the molecule is C=CC(=O)NOCCOC. The Bertz CT molecular complexity index is 114. The maximum absolute atomic E-state index is 10.4. The lowest BCUT2D eigenvalue weighted by Gasteiger charge is -2.00. The van der Waals surface area contributed by atoms with Crippen LogP contribution in [0.2, 0.25) is 0 Å². The molecule has 0 aliphatic carbocycles. The van der Waals surface area contributed by atoms with Gasteiger partial charge in [0.2, 0.25) is 0 Å². The first kappa shape index (κ1) is 9.13. The maximum Gasteiger partial charge on any atom is 0.266 e. The van der Waals surface area contributed by atoms with E-state index in [1.807, 2.05) is 0 Å². The predicted octanol–water partition coefficient (Wildman–Crippen LogP) is -0.133. The Labute approximate surface area is 59.8 Å². The van der Waals surface area contributed by atoms with E-state index in [1.165, 1.54) is 0 Å². The summed E-state index contributed by atoms with van der Waals surface area (Å²) in [6.07, 6.45) is 1.13. The Morgan fingerprint density at radius 3 is 2.90 bits per heavy atom. The molecule has 10 heavy (non-hydrogen) atoms. The van der Waals surface area contributed by atoms with Crippen molar-refractivity contribution in [1.29, 1.82) is 0 Å². The number of amides is 1. The fourth-order valence-corrected chi connectivity index (χ4v) is 0.289. The summed E-state index contributed by atoms with van der Waals surface area (Å²) < 4.78 is 4.66. The van der Waals surface area contributed by atoms with E-state index >= 15 is 0 Å². The molecule has 0 heterocycles. The van der Waals surface area contributed by atoms with E-state index < -0.39 is 0 Å². The Balaban J connectivity index is 3.03. The van der Waals surface area contributed by atoms with Gasteiger partial charge in [-0.3, -0.25) is 9.63 Å². The molecule has 0 bridgehead atoms. The normalized spacial score (nSPS) is 8.90. The van der Waals surface area contributed by atoms with Crippen LogP contribution in [-0.2, 0) is 14.4 Å². The zero-order valence-electron chi connectivity index (χ0n) is 5.92. The number of carbonyl (C=O) groups excluding carboxylic acids is 1. The number of hydrogen-bond donors (Lipinski definition) is 1. The molecule has 0 fully saturated rings.